The Morgan fingerprint density at radius 3 is 2.31 bits per heavy atom. The molecule has 1 fully saturated rings. The molecule has 1 aromatic carbocycles. The maximum Gasteiger partial charge on any atom is 0.246 e. The van der Waals surface area contributed by atoms with Crippen molar-refractivity contribution in [3.63, 3.8) is 0 Å². The van der Waals surface area contributed by atoms with Gasteiger partial charge in [-0.1, -0.05) is 20.3 Å². The number of halogens is 3. The molecule has 1 heterocycles. The van der Waals surface area contributed by atoms with E-state index in [0.717, 1.165) is 22.9 Å². The van der Waals surface area contributed by atoms with E-state index in [0.29, 0.717) is 6.07 Å². The summed E-state index contributed by atoms with van der Waals surface area (Å²) in [5, 5.41) is 0. The molecule has 0 radical (unpaired) electrons. The molecule has 0 aromatic heterocycles. The number of piperazine rings is 1. The van der Waals surface area contributed by atoms with Gasteiger partial charge in [-0.25, -0.2) is 17.2 Å². The molecule has 0 aliphatic carbocycles. The Hall–Kier alpha value is -1.29. The van der Waals surface area contributed by atoms with Gasteiger partial charge in [-0.2, -0.15) is 4.31 Å². The third-order valence-electron chi connectivity index (χ3n) is 4.60. The molecule has 0 bridgehead atoms. The van der Waals surface area contributed by atoms with Crippen molar-refractivity contribution in [2.45, 2.75) is 31.2 Å². The molecule has 2 N–H and O–H groups in total. The molecule has 0 saturated carbocycles. The van der Waals surface area contributed by atoms with Crippen LogP contribution in [-0.2, 0) is 14.8 Å². The highest BCUT2D eigenvalue weighted by Gasteiger charge is 2.33. The fraction of sp³-hybridized carbons (Fsp3) is 0.562. The summed E-state index contributed by atoms with van der Waals surface area (Å²) in [7, 11) is -4.08. The molecule has 0 spiro atoms. The summed E-state index contributed by atoms with van der Waals surface area (Å²) in [4.78, 5) is 13.3. The first-order valence-corrected chi connectivity index (χ1v) is 9.62. The minimum Gasteiger partial charge on any atom is -0.339 e. The fourth-order valence-electron chi connectivity index (χ4n) is 2.68. The standard InChI is InChI=1S/C16H23F2N3O3S.ClH/c1-3-11(2)15(19)16(22)20-6-8-21(9-7-20)25(23,24)14-5-4-12(17)10-13(14)18;/h4-5,10-11,15H,3,6-9,19H2,1-2H3;1H. The molecule has 1 aliphatic rings. The van der Waals surface area contributed by atoms with E-state index in [-0.39, 0.29) is 50.4 Å². The van der Waals surface area contributed by atoms with Crippen molar-refractivity contribution in [3.05, 3.63) is 29.8 Å². The molecule has 148 valence electrons. The summed E-state index contributed by atoms with van der Waals surface area (Å²) in [5.74, 6) is -2.15. The lowest BCUT2D eigenvalue weighted by Gasteiger charge is -2.36. The van der Waals surface area contributed by atoms with E-state index in [1.54, 1.807) is 0 Å². The van der Waals surface area contributed by atoms with Crippen LogP contribution in [0.3, 0.4) is 0 Å². The van der Waals surface area contributed by atoms with Gasteiger partial charge < -0.3 is 10.6 Å². The summed E-state index contributed by atoms with van der Waals surface area (Å²) in [6, 6.07) is 1.73. The van der Waals surface area contributed by atoms with Crippen LogP contribution in [0.15, 0.2) is 23.1 Å². The zero-order valence-electron chi connectivity index (χ0n) is 14.7. The zero-order chi connectivity index (χ0) is 18.8. The van der Waals surface area contributed by atoms with Gasteiger partial charge in [0.15, 0.2) is 0 Å². The maximum atomic E-state index is 13.8. The maximum absolute atomic E-state index is 13.8. The Balaban J connectivity index is 0.00000338. The van der Waals surface area contributed by atoms with Gasteiger partial charge in [0.2, 0.25) is 15.9 Å². The third kappa shape index (κ3) is 4.70. The van der Waals surface area contributed by atoms with Crippen LogP contribution >= 0.6 is 12.4 Å². The Bertz CT molecular complexity index is 740. The van der Waals surface area contributed by atoms with Crippen LogP contribution < -0.4 is 5.73 Å². The number of nitrogens with two attached hydrogens (primary N) is 1. The summed E-state index contributed by atoms with van der Waals surface area (Å²) >= 11 is 0. The number of benzene rings is 1. The number of carbonyl (C=O) groups excluding carboxylic acids is 1. The molecule has 1 aliphatic heterocycles. The lowest BCUT2D eigenvalue weighted by atomic mass is 9.99. The van der Waals surface area contributed by atoms with Crippen molar-refractivity contribution in [2.75, 3.05) is 26.2 Å². The van der Waals surface area contributed by atoms with Gasteiger partial charge in [0.1, 0.15) is 16.5 Å². The molecule has 2 rings (SSSR count). The van der Waals surface area contributed by atoms with Crippen molar-refractivity contribution in [1.82, 2.24) is 9.21 Å². The van der Waals surface area contributed by atoms with Gasteiger partial charge in [0, 0.05) is 32.2 Å². The highest BCUT2D eigenvalue weighted by Crippen LogP contribution is 2.22. The number of rotatable bonds is 5. The Kier molecular flexibility index (Phi) is 7.94. The van der Waals surface area contributed by atoms with E-state index in [2.05, 4.69) is 0 Å². The van der Waals surface area contributed by atoms with Crippen molar-refractivity contribution >= 4 is 28.3 Å². The predicted molar refractivity (Wildman–Crippen MR) is 96.4 cm³/mol. The van der Waals surface area contributed by atoms with E-state index in [4.69, 9.17) is 5.73 Å². The lowest BCUT2D eigenvalue weighted by Crippen LogP contribution is -2.55. The summed E-state index contributed by atoms with van der Waals surface area (Å²) in [6.45, 7) is 4.28. The zero-order valence-corrected chi connectivity index (χ0v) is 16.3. The van der Waals surface area contributed by atoms with Gasteiger partial charge in [-0.3, -0.25) is 4.79 Å². The largest absolute Gasteiger partial charge is 0.339 e. The van der Waals surface area contributed by atoms with Gasteiger partial charge in [-0.05, 0) is 18.1 Å². The molecule has 26 heavy (non-hydrogen) atoms. The first kappa shape index (κ1) is 22.8. The summed E-state index contributed by atoms with van der Waals surface area (Å²) < 4.78 is 52.9. The van der Waals surface area contributed by atoms with E-state index in [1.807, 2.05) is 13.8 Å². The molecular weight excluding hydrogens is 388 g/mol. The minimum atomic E-state index is -4.08. The molecule has 6 nitrogen and oxygen atoms in total. The number of sulfonamides is 1. The normalized spacial score (nSPS) is 18.1. The van der Waals surface area contributed by atoms with Gasteiger partial charge >= 0.3 is 0 Å². The van der Waals surface area contributed by atoms with Crippen LogP contribution in [0, 0.1) is 17.6 Å². The first-order chi connectivity index (χ1) is 11.7. The van der Waals surface area contributed by atoms with Gasteiger partial charge in [-0.15, -0.1) is 12.4 Å². The molecule has 2 atom stereocenters. The second-order valence-electron chi connectivity index (χ2n) is 6.22. The molecule has 1 aromatic rings. The molecule has 10 heteroatoms. The monoisotopic (exact) mass is 411 g/mol. The van der Waals surface area contributed by atoms with E-state index < -0.39 is 32.6 Å². The minimum absolute atomic E-state index is 0. The van der Waals surface area contributed by atoms with Crippen LogP contribution in [-0.4, -0.2) is 55.8 Å². The van der Waals surface area contributed by atoms with E-state index in [1.165, 1.54) is 4.90 Å². The topological polar surface area (TPSA) is 83.7 Å². The number of hydrogen-bond donors (Lipinski definition) is 1. The Morgan fingerprint density at radius 2 is 1.81 bits per heavy atom. The van der Waals surface area contributed by atoms with Gasteiger partial charge in [0.05, 0.1) is 6.04 Å². The van der Waals surface area contributed by atoms with Crippen molar-refractivity contribution in [2.24, 2.45) is 11.7 Å². The van der Waals surface area contributed by atoms with Crippen LogP contribution in [0.4, 0.5) is 8.78 Å². The fourth-order valence-corrected chi connectivity index (χ4v) is 4.15. The number of nitrogens with zero attached hydrogens (tertiary/aromatic N) is 2. The molecule has 1 saturated heterocycles. The number of carbonyl (C=O) groups is 1. The second-order valence-corrected chi connectivity index (χ2v) is 8.12. The van der Waals surface area contributed by atoms with Crippen LogP contribution in [0.2, 0.25) is 0 Å². The number of amides is 1. The average Bonchev–Trinajstić information content (AvgIpc) is 2.59. The smallest absolute Gasteiger partial charge is 0.246 e. The lowest BCUT2D eigenvalue weighted by molar-refractivity contribution is -0.134. The van der Waals surface area contributed by atoms with Crippen molar-refractivity contribution in [1.29, 1.82) is 0 Å². The first-order valence-electron chi connectivity index (χ1n) is 8.18. The SMILES string of the molecule is CCC(C)C(N)C(=O)N1CCN(S(=O)(=O)c2ccc(F)cc2F)CC1.Cl. The summed E-state index contributed by atoms with van der Waals surface area (Å²) in [6.07, 6.45) is 0.769. The Labute approximate surface area is 158 Å². The van der Waals surface area contributed by atoms with Crippen LogP contribution in [0.25, 0.3) is 0 Å². The van der Waals surface area contributed by atoms with Crippen LogP contribution in [0.1, 0.15) is 20.3 Å². The van der Waals surface area contributed by atoms with Crippen molar-refractivity contribution < 1.29 is 22.0 Å². The van der Waals surface area contributed by atoms with Crippen LogP contribution in [0.5, 0.6) is 0 Å². The third-order valence-corrected chi connectivity index (χ3v) is 6.54. The van der Waals surface area contributed by atoms with Crippen molar-refractivity contribution in [3.8, 4) is 0 Å². The highest BCUT2D eigenvalue weighted by molar-refractivity contribution is 7.89. The quantitative estimate of drug-likeness (QED) is 0.797. The highest BCUT2D eigenvalue weighted by atomic mass is 35.5. The Morgan fingerprint density at radius 1 is 1.23 bits per heavy atom. The van der Waals surface area contributed by atoms with E-state index in [9.17, 15) is 22.0 Å². The van der Waals surface area contributed by atoms with Gasteiger partial charge in [0.25, 0.3) is 0 Å². The molecular formula is C16H24ClF2N3O3S. The molecule has 1 amide bonds. The average molecular weight is 412 g/mol. The predicted octanol–water partition coefficient (Wildman–Crippen LogP) is 1.59. The van der Waals surface area contributed by atoms with E-state index >= 15 is 0 Å². The second kappa shape index (κ2) is 9.07. The molecule has 2 unspecified atom stereocenters. The summed E-state index contributed by atoms with van der Waals surface area (Å²) in [5.41, 5.74) is 5.94. The number of hydrogen-bond acceptors (Lipinski definition) is 4.